The molecule has 1 aliphatic heterocycles. The summed E-state index contributed by atoms with van der Waals surface area (Å²) in [6.45, 7) is 3.35. The molecule has 2 amide bonds. The molecule has 1 rings (SSSR count). The number of ether oxygens (including phenoxy) is 1. The van der Waals surface area contributed by atoms with Crippen molar-refractivity contribution in [2.75, 3.05) is 13.2 Å². The van der Waals surface area contributed by atoms with Gasteiger partial charge in [0.15, 0.2) is 0 Å². The highest BCUT2D eigenvalue weighted by Crippen LogP contribution is 2.18. The summed E-state index contributed by atoms with van der Waals surface area (Å²) in [5, 5.41) is 0. The molecule has 5 nitrogen and oxygen atoms in total. The van der Waals surface area contributed by atoms with Crippen molar-refractivity contribution in [1.29, 1.82) is 0 Å². The highest BCUT2D eigenvalue weighted by Gasteiger charge is 2.36. The summed E-state index contributed by atoms with van der Waals surface area (Å²) in [7, 11) is 0. The molecule has 1 saturated heterocycles. The van der Waals surface area contributed by atoms with Gasteiger partial charge in [0.05, 0.1) is 6.61 Å². The molecule has 1 atom stereocenters. The molecule has 0 aromatic rings. The van der Waals surface area contributed by atoms with E-state index in [1.165, 1.54) is 0 Å². The number of hydrogen-bond donors (Lipinski definition) is 0. The molecule has 1 fully saturated rings. The SMILES string of the molecule is CCOC(=O)CN1C(=O)CC(C)C1=O. The maximum Gasteiger partial charge on any atom is 0.326 e. The normalized spacial score (nSPS) is 21.6. The van der Waals surface area contributed by atoms with Gasteiger partial charge in [0.25, 0.3) is 0 Å². The molecular formula is C9H13NO4. The van der Waals surface area contributed by atoms with E-state index in [1.807, 2.05) is 0 Å². The molecule has 0 saturated carbocycles. The topological polar surface area (TPSA) is 63.7 Å². The van der Waals surface area contributed by atoms with Crippen LogP contribution < -0.4 is 0 Å². The van der Waals surface area contributed by atoms with Gasteiger partial charge in [-0.15, -0.1) is 0 Å². The van der Waals surface area contributed by atoms with Crippen molar-refractivity contribution in [3.05, 3.63) is 0 Å². The Bertz CT molecular complexity index is 274. The molecule has 0 aliphatic carbocycles. The Morgan fingerprint density at radius 3 is 2.64 bits per heavy atom. The minimum absolute atomic E-state index is 0.193. The van der Waals surface area contributed by atoms with Crippen LogP contribution in [0.25, 0.3) is 0 Å². The number of carbonyl (C=O) groups is 3. The van der Waals surface area contributed by atoms with Crippen molar-refractivity contribution < 1.29 is 19.1 Å². The van der Waals surface area contributed by atoms with Crippen LogP contribution in [-0.4, -0.2) is 35.8 Å². The Labute approximate surface area is 82.0 Å². The van der Waals surface area contributed by atoms with Crippen molar-refractivity contribution in [2.24, 2.45) is 5.92 Å². The van der Waals surface area contributed by atoms with Gasteiger partial charge in [-0.25, -0.2) is 0 Å². The molecule has 1 unspecified atom stereocenters. The summed E-state index contributed by atoms with van der Waals surface area (Å²) in [4.78, 5) is 34.6. The largest absolute Gasteiger partial charge is 0.465 e. The van der Waals surface area contributed by atoms with E-state index in [0.717, 1.165) is 4.90 Å². The predicted octanol–water partition coefficient (Wildman–Crippen LogP) is -0.0555. The molecule has 1 heterocycles. The molecule has 0 N–H and O–H groups in total. The van der Waals surface area contributed by atoms with E-state index in [9.17, 15) is 14.4 Å². The van der Waals surface area contributed by atoms with Crippen LogP contribution in [0.5, 0.6) is 0 Å². The highest BCUT2D eigenvalue weighted by atomic mass is 16.5. The minimum atomic E-state index is -0.539. The number of amides is 2. The molecule has 0 bridgehead atoms. The maximum absolute atomic E-state index is 11.4. The van der Waals surface area contributed by atoms with E-state index in [-0.39, 0.29) is 37.3 Å². The first-order valence-electron chi connectivity index (χ1n) is 4.56. The first kappa shape index (κ1) is 10.7. The number of esters is 1. The van der Waals surface area contributed by atoms with Crippen molar-refractivity contribution >= 4 is 17.8 Å². The standard InChI is InChI=1S/C9H13NO4/c1-3-14-8(12)5-10-7(11)4-6(2)9(10)13/h6H,3-5H2,1-2H3. The number of nitrogens with zero attached hydrogens (tertiary/aromatic N) is 1. The Hall–Kier alpha value is -1.39. The molecule has 0 spiro atoms. The zero-order valence-electron chi connectivity index (χ0n) is 8.28. The smallest absolute Gasteiger partial charge is 0.326 e. The molecule has 1 aliphatic rings. The summed E-state index contributed by atoms with van der Waals surface area (Å²) in [5.41, 5.74) is 0. The quantitative estimate of drug-likeness (QED) is 0.472. The van der Waals surface area contributed by atoms with Gasteiger partial charge < -0.3 is 4.74 Å². The van der Waals surface area contributed by atoms with Crippen molar-refractivity contribution in [3.63, 3.8) is 0 Å². The minimum Gasteiger partial charge on any atom is -0.465 e. The van der Waals surface area contributed by atoms with Gasteiger partial charge >= 0.3 is 5.97 Å². The van der Waals surface area contributed by atoms with Crippen LogP contribution in [0.15, 0.2) is 0 Å². The summed E-state index contributed by atoms with van der Waals surface area (Å²) in [5.74, 6) is -1.43. The second-order valence-electron chi connectivity index (χ2n) is 3.23. The highest BCUT2D eigenvalue weighted by molar-refractivity contribution is 6.05. The Balaban J connectivity index is 2.56. The zero-order valence-corrected chi connectivity index (χ0v) is 8.28. The third-order valence-corrected chi connectivity index (χ3v) is 2.06. The van der Waals surface area contributed by atoms with Gasteiger partial charge in [-0.2, -0.15) is 0 Å². The van der Waals surface area contributed by atoms with Crippen LogP contribution in [0.4, 0.5) is 0 Å². The second kappa shape index (κ2) is 4.21. The Kier molecular flexibility index (Phi) is 3.22. The first-order valence-corrected chi connectivity index (χ1v) is 4.56. The lowest BCUT2D eigenvalue weighted by atomic mass is 10.1. The Morgan fingerprint density at radius 1 is 1.57 bits per heavy atom. The Morgan fingerprint density at radius 2 is 2.21 bits per heavy atom. The molecule has 78 valence electrons. The summed E-state index contributed by atoms with van der Waals surface area (Å²) in [6, 6.07) is 0. The second-order valence-corrected chi connectivity index (χ2v) is 3.23. The van der Waals surface area contributed by atoms with Gasteiger partial charge in [0.1, 0.15) is 6.54 Å². The number of hydrogen-bond acceptors (Lipinski definition) is 4. The van der Waals surface area contributed by atoms with Crippen LogP contribution in [0.2, 0.25) is 0 Å². The monoisotopic (exact) mass is 199 g/mol. The van der Waals surface area contributed by atoms with Crippen LogP contribution >= 0.6 is 0 Å². The lowest BCUT2D eigenvalue weighted by Gasteiger charge is -2.12. The van der Waals surface area contributed by atoms with Crippen molar-refractivity contribution in [3.8, 4) is 0 Å². The van der Waals surface area contributed by atoms with E-state index in [0.29, 0.717) is 0 Å². The lowest BCUT2D eigenvalue weighted by molar-refractivity contribution is -0.152. The molecule has 0 radical (unpaired) electrons. The number of rotatable bonds is 3. The van der Waals surface area contributed by atoms with Gasteiger partial charge in [-0.05, 0) is 6.92 Å². The number of imide groups is 1. The third-order valence-electron chi connectivity index (χ3n) is 2.06. The van der Waals surface area contributed by atoms with E-state index in [1.54, 1.807) is 13.8 Å². The van der Waals surface area contributed by atoms with Gasteiger partial charge in [-0.1, -0.05) is 6.92 Å². The van der Waals surface area contributed by atoms with E-state index >= 15 is 0 Å². The average molecular weight is 199 g/mol. The fourth-order valence-corrected chi connectivity index (χ4v) is 1.35. The van der Waals surface area contributed by atoms with Gasteiger partial charge in [0, 0.05) is 12.3 Å². The average Bonchev–Trinajstić information content (AvgIpc) is 2.33. The van der Waals surface area contributed by atoms with E-state index in [2.05, 4.69) is 4.74 Å². The molecular weight excluding hydrogens is 186 g/mol. The zero-order chi connectivity index (χ0) is 10.7. The lowest BCUT2D eigenvalue weighted by Crippen LogP contribution is -2.36. The fourth-order valence-electron chi connectivity index (χ4n) is 1.35. The molecule has 14 heavy (non-hydrogen) atoms. The molecule has 0 aromatic carbocycles. The summed E-state index contributed by atoms with van der Waals surface area (Å²) < 4.78 is 4.65. The maximum atomic E-state index is 11.4. The first-order chi connectivity index (χ1) is 6.56. The van der Waals surface area contributed by atoms with Crippen LogP contribution in [-0.2, 0) is 19.1 Å². The van der Waals surface area contributed by atoms with E-state index < -0.39 is 5.97 Å². The third kappa shape index (κ3) is 2.10. The molecule has 0 aromatic heterocycles. The van der Waals surface area contributed by atoms with E-state index in [4.69, 9.17) is 0 Å². The molecule has 5 heteroatoms. The van der Waals surface area contributed by atoms with Crippen LogP contribution in [0.3, 0.4) is 0 Å². The predicted molar refractivity (Wildman–Crippen MR) is 47.1 cm³/mol. The fraction of sp³-hybridized carbons (Fsp3) is 0.667. The summed E-state index contributed by atoms with van der Waals surface area (Å²) >= 11 is 0. The van der Waals surface area contributed by atoms with Crippen molar-refractivity contribution in [2.45, 2.75) is 20.3 Å². The van der Waals surface area contributed by atoms with Crippen LogP contribution in [0, 0.1) is 5.92 Å². The number of likely N-dealkylation sites (tertiary alicyclic amines) is 1. The van der Waals surface area contributed by atoms with Crippen LogP contribution in [0.1, 0.15) is 20.3 Å². The van der Waals surface area contributed by atoms with Gasteiger partial charge in [-0.3, -0.25) is 19.3 Å². The summed E-state index contributed by atoms with van der Waals surface area (Å²) in [6.07, 6.45) is 0.193. The number of carbonyl (C=O) groups excluding carboxylic acids is 3. The van der Waals surface area contributed by atoms with Crippen molar-refractivity contribution in [1.82, 2.24) is 4.90 Å². The van der Waals surface area contributed by atoms with Gasteiger partial charge in [0.2, 0.25) is 11.8 Å².